The molecule has 146 valence electrons. The summed E-state index contributed by atoms with van der Waals surface area (Å²) in [5, 5.41) is 19.0. The third-order valence-corrected chi connectivity index (χ3v) is 6.13. The second kappa shape index (κ2) is 7.87. The number of phenols is 1. The third kappa shape index (κ3) is 4.01. The molecule has 0 aromatic heterocycles. The van der Waals surface area contributed by atoms with Crippen molar-refractivity contribution in [1.29, 1.82) is 0 Å². The fraction of sp³-hybridized carbons (Fsp3) is 0.100. The molecular formula is C20H15ClF2O4S. The smallest absolute Gasteiger partial charge is 0.186 e. The van der Waals surface area contributed by atoms with Crippen LogP contribution in [0.25, 0.3) is 11.1 Å². The summed E-state index contributed by atoms with van der Waals surface area (Å²) >= 11 is 5.81. The topological polar surface area (TPSA) is 74.6 Å². The molecule has 3 rings (SSSR count). The monoisotopic (exact) mass is 424 g/mol. The van der Waals surface area contributed by atoms with Crippen molar-refractivity contribution in [3.8, 4) is 16.9 Å². The molecule has 0 atom stereocenters. The lowest BCUT2D eigenvalue weighted by Gasteiger charge is -2.12. The van der Waals surface area contributed by atoms with Gasteiger partial charge in [0.2, 0.25) is 0 Å². The van der Waals surface area contributed by atoms with Gasteiger partial charge in [0.25, 0.3) is 0 Å². The van der Waals surface area contributed by atoms with Gasteiger partial charge in [-0.3, -0.25) is 0 Å². The van der Waals surface area contributed by atoms with Crippen LogP contribution in [0.3, 0.4) is 0 Å². The largest absolute Gasteiger partial charge is 0.505 e. The highest BCUT2D eigenvalue weighted by atomic mass is 35.5. The standard InChI is InChI=1S/C20H15ClF2O4S/c21-16-6-12(10-24)7-19(20(16)25)28(26,27)11-14-8-15(18(23)9-17(14)22)13-4-2-1-3-5-13/h1-9,24-25H,10-11H2. The van der Waals surface area contributed by atoms with Crippen molar-refractivity contribution in [2.75, 3.05) is 0 Å². The Morgan fingerprint density at radius 2 is 1.64 bits per heavy atom. The summed E-state index contributed by atoms with van der Waals surface area (Å²) in [6.45, 7) is -0.494. The van der Waals surface area contributed by atoms with Gasteiger partial charge in [0, 0.05) is 17.2 Å². The summed E-state index contributed by atoms with van der Waals surface area (Å²) in [6.07, 6.45) is 0. The fourth-order valence-electron chi connectivity index (χ4n) is 2.78. The van der Waals surface area contributed by atoms with Crippen molar-refractivity contribution in [2.45, 2.75) is 17.3 Å². The van der Waals surface area contributed by atoms with Gasteiger partial charge in [0.1, 0.15) is 16.5 Å². The molecule has 0 saturated heterocycles. The summed E-state index contributed by atoms with van der Waals surface area (Å²) in [5.41, 5.74) is 0.432. The van der Waals surface area contributed by atoms with E-state index in [1.807, 2.05) is 0 Å². The predicted octanol–water partition coefficient (Wildman–Crippen LogP) is 4.46. The molecule has 0 spiro atoms. The first-order chi connectivity index (χ1) is 13.2. The minimum absolute atomic E-state index is 0.0542. The van der Waals surface area contributed by atoms with Crippen LogP contribution in [0.2, 0.25) is 5.02 Å². The number of aliphatic hydroxyl groups is 1. The maximum absolute atomic E-state index is 14.3. The molecule has 3 aromatic rings. The molecule has 3 aromatic carbocycles. The lowest BCUT2D eigenvalue weighted by molar-refractivity contribution is 0.281. The average molecular weight is 425 g/mol. The van der Waals surface area contributed by atoms with Crippen LogP contribution in [-0.4, -0.2) is 18.6 Å². The summed E-state index contributed by atoms with van der Waals surface area (Å²) in [4.78, 5) is -0.533. The summed E-state index contributed by atoms with van der Waals surface area (Å²) in [5.74, 6) is -3.36. The highest BCUT2D eigenvalue weighted by Gasteiger charge is 2.25. The van der Waals surface area contributed by atoms with Crippen LogP contribution < -0.4 is 0 Å². The van der Waals surface area contributed by atoms with Gasteiger partial charge in [-0.05, 0) is 29.3 Å². The molecule has 0 amide bonds. The van der Waals surface area contributed by atoms with E-state index in [9.17, 15) is 27.4 Å². The molecule has 0 aliphatic heterocycles. The van der Waals surface area contributed by atoms with Crippen LogP contribution in [-0.2, 0) is 22.2 Å². The quantitative estimate of drug-likeness (QED) is 0.634. The zero-order valence-corrected chi connectivity index (χ0v) is 15.9. The van der Waals surface area contributed by atoms with E-state index in [1.54, 1.807) is 30.3 Å². The molecule has 28 heavy (non-hydrogen) atoms. The SMILES string of the molecule is O=S(=O)(Cc1cc(-c2ccccc2)c(F)cc1F)c1cc(CO)cc(Cl)c1O. The summed E-state index contributed by atoms with van der Waals surface area (Å²) in [7, 11) is -4.24. The van der Waals surface area contributed by atoms with Crippen molar-refractivity contribution in [3.05, 3.63) is 82.4 Å². The number of benzene rings is 3. The number of halogens is 3. The van der Waals surface area contributed by atoms with Crippen molar-refractivity contribution in [3.63, 3.8) is 0 Å². The molecule has 0 unspecified atom stereocenters. The first kappa shape index (κ1) is 20.3. The second-order valence-corrected chi connectivity index (χ2v) is 8.50. The highest BCUT2D eigenvalue weighted by Crippen LogP contribution is 2.35. The van der Waals surface area contributed by atoms with Crippen molar-refractivity contribution < 1.29 is 27.4 Å². The molecule has 0 heterocycles. The van der Waals surface area contributed by atoms with Crippen molar-refractivity contribution in [1.82, 2.24) is 0 Å². The molecule has 8 heteroatoms. The molecular weight excluding hydrogens is 410 g/mol. The predicted molar refractivity (Wildman–Crippen MR) is 102 cm³/mol. The number of aromatic hydroxyl groups is 1. The van der Waals surface area contributed by atoms with Crippen molar-refractivity contribution >= 4 is 21.4 Å². The van der Waals surface area contributed by atoms with Crippen LogP contribution in [0.4, 0.5) is 8.78 Å². The number of phenolic OH excluding ortho intramolecular Hbond substituents is 1. The van der Waals surface area contributed by atoms with Gasteiger partial charge in [-0.15, -0.1) is 0 Å². The van der Waals surface area contributed by atoms with E-state index in [4.69, 9.17) is 11.6 Å². The third-order valence-electron chi connectivity index (χ3n) is 4.17. The van der Waals surface area contributed by atoms with Crippen LogP contribution in [0, 0.1) is 11.6 Å². The molecule has 0 saturated carbocycles. The molecule has 0 radical (unpaired) electrons. The van der Waals surface area contributed by atoms with E-state index < -0.39 is 44.5 Å². The van der Waals surface area contributed by atoms with E-state index in [0.29, 0.717) is 11.6 Å². The van der Waals surface area contributed by atoms with Crippen LogP contribution in [0.1, 0.15) is 11.1 Å². The number of rotatable bonds is 5. The van der Waals surface area contributed by atoms with E-state index in [-0.39, 0.29) is 21.7 Å². The number of hydrogen-bond acceptors (Lipinski definition) is 4. The Morgan fingerprint density at radius 1 is 0.964 bits per heavy atom. The first-order valence-electron chi connectivity index (χ1n) is 8.11. The average Bonchev–Trinajstić information content (AvgIpc) is 2.66. The summed E-state index contributed by atoms with van der Waals surface area (Å²) in [6, 6.07) is 12.4. The molecule has 2 N–H and O–H groups in total. The van der Waals surface area contributed by atoms with Gasteiger partial charge in [-0.1, -0.05) is 41.9 Å². The van der Waals surface area contributed by atoms with Gasteiger partial charge in [0.15, 0.2) is 15.6 Å². The van der Waals surface area contributed by atoms with Gasteiger partial charge in [-0.25, -0.2) is 17.2 Å². The first-order valence-corrected chi connectivity index (χ1v) is 10.1. The minimum Gasteiger partial charge on any atom is -0.505 e. The number of aliphatic hydroxyl groups excluding tert-OH is 1. The molecule has 4 nitrogen and oxygen atoms in total. The molecule has 0 fully saturated rings. The Kier molecular flexibility index (Phi) is 5.69. The Bertz CT molecular complexity index is 1130. The van der Waals surface area contributed by atoms with Crippen LogP contribution >= 0.6 is 11.6 Å². The van der Waals surface area contributed by atoms with Gasteiger partial charge >= 0.3 is 0 Å². The van der Waals surface area contributed by atoms with Gasteiger partial charge in [0.05, 0.1) is 17.4 Å². The van der Waals surface area contributed by atoms with Crippen LogP contribution in [0.5, 0.6) is 5.75 Å². The lowest BCUT2D eigenvalue weighted by atomic mass is 10.0. The summed E-state index contributed by atoms with van der Waals surface area (Å²) < 4.78 is 54.0. The lowest BCUT2D eigenvalue weighted by Crippen LogP contribution is -2.08. The molecule has 0 aliphatic rings. The molecule has 0 bridgehead atoms. The number of hydrogen-bond donors (Lipinski definition) is 2. The Hall–Kier alpha value is -2.48. The van der Waals surface area contributed by atoms with E-state index >= 15 is 0 Å². The van der Waals surface area contributed by atoms with Gasteiger partial charge < -0.3 is 10.2 Å². The van der Waals surface area contributed by atoms with Crippen LogP contribution in [0.15, 0.2) is 59.5 Å². The zero-order chi connectivity index (χ0) is 20.5. The van der Waals surface area contributed by atoms with E-state index in [2.05, 4.69) is 0 Å². The fourth-order valence-corrected chi connectivity index (χ4v) is 4.60. The maximum Gasteiger partial charge on any atom is 0.186 e. The number of sulfone groups is 1. The van der Waals surface area contributed by atoms with Crippen molar-refractivity contribution in [2.24, 2.45) is 0 Å². The zero-order valence-electron chi connectivity index (χ0n) is 14.4. The van der Waals surface area contributed by atoms with Gasteiger partial charge in [-0.2, -0.15) is 0 Å². The van der Waals surface area contributed by atoms with E-state index in [1.165, 1.54) is 6.07 Å². The second-order valence-electron chi connectivity index (χ2n) is 6.13. The highest BCUT2D eigenvalue weighted by molar-refractivity contribution is 7.90. The Morgan fingerprint density at radius 3 is 2.29 bits per heavy atom. The Balaban J connectivity index is 2.08. The van der Waals surface area contributed by atoms with E-state index in [0.717, 1.165) is 12.1 Å². The normalized spacial score (nSPS) is 11.6. The molecule has 0 aliphatic carbocycles. The maximum atomic E-state index is 14.3. The Labute approximate surface area is 165 Å². The minimum atomic E-state index is -4.24.